The zero-order valence-corrected chi connectivity index (χ0v) is 9.68. The highest BCUT2D eigenvalue weighted by atomic mass is 79.9. The second kappa shape index (κ2) is 4.68. The summed E-state index contributed by atoms with van der Waals surface area (Å²) in [4.78, 5) is 3.95. The average Bonchev–Trinajstić information content (AvgIpc) is 2.15. The average molecular weight is 277 g/mol. The maximum absolute atomic E-state index is 11.6. The third-order valence-electron chi connectivity index (χ3n) is 1.43. The molecule has 0 aromatic carbocycles. The van der Waals surface area contributed by atoms with Crippen molar-refractivity contribution in [1.29, 1.82) is 0 Å². The normalized spacial score (nSPS) is 11.2. The predicted molar refractivity (Wildman–Crippen MR) is 57.3 cm³/mol. The van der Waals surface area contributed by atoms with Gasteiger partial charge in [0.2, 0.25) is 10.0 Å². The number of nitrogens with zero attached hydrogens (tertiary/aromatic N) is 1. The summed E-state index contributed by atoms with van der Waals surface area (Å²) in [5.74, 6) is 0. The van der Waals surface area contributed by atoms with Gasteiger partial charge in [0.15, 0.2) is 0 Å². The van der Waals surface area contributed by atoms with Crippen LogP contribution in [-0.4, -0.2) is 19.9 Å². The first-order valence-corrected chi connectivity index (χ1v) is 6.06. The van der Waals surface area contributed by atoms with Crippen LogP contribution in [0.25, 0.3) is 0 Å². The van der Waals surface area contributed by atoms with Crippen molar-refractivity contribution in [2.45, 2.75) is 4.90 Å². The van der Waals surface area contributed by atoms with Gasteiger partial charge in [-0.25, -0.2) is 18.1 Å². The molecule has 0 aliphatic rings. The van der Waals surface area contributed by atoms with Crippen molar-refractivity contribution < 1.29 is 8.42 Å². The molecule has 0 saturated heterocycles. The van der Waals surface area contributed by atoms with Gasteiger partial charge in [-0.3, -0.25) is 0 Å². The summed E-state index contributed by atoms with van der Waals surface area (Å²) in [6.07, 6.45) is 2.98. The third-order valence-corrected chi connectivity index (χ3v) is 3.78. The molecule has 0 spiro atoms. The molecule has 0 unspecified atom stereocenters. The van der Waals surface area contributed by atoms with Crippen molar-refractivity contribution in [3.05, 3.63) is 35.6 Å². The molecule has 1 rings (SSSR count). The van der Waals surface area contributed by atoms with E-state index in [9.17, 15) is 8.42 Å². The van der Waals surface area contributed by atoms with Gasteiger partial charge in [-0.2, -0.15) is 0 Å². The van der Waals surface area contributed by atoms with Crippen LogP contribution >= 0.6 is 15.9 Å². The lowest BCUT2D eigenvalue weighted by molar-refractivity contribution is 0.584. The molecule has 0 amide bonds. The van der Waals surface area contributed by atoms with Crippen LogP contribution in [0.4, 0.5) is 0 Å². The van der Waals surface area contributed by atoms with Crippen LogP contribution in [-0.2, 0) is 10.0 Å². The Labute approximate surface area is 91.2 Å². The minimum absolute atomic E-state index is 0.127. The van der Waals surface area contributed by atoms with E-state index in [0.29, 0.717) is 4.60 Å². The van der Waals surface area contributed by atoms with Gasteiger partial charge in [0.05, 0.1) is 0 Å². The number of hydrogen-bond donors (Lipinski definition) is 1. The van der Waals surface area contributed by atoms with Crippen molar-refractivity contribution in [3.8, 4) is 0 Å². The topological polar surface area (TPSA) is 59.1 Å². The van der Waals surface area contributed by atoms with Gasteiger partial charge in [-0.1, -0.05) is 6.08 Å². The number of halogens is 1. The molecule has 0 atom stereocenters. The lowest BCUT2D eigenvalue weighted by Gasteiger charge is -2.04. The molecule has 4 nitrogen and oxygen atoms in total. The summed E-state index contributed by atoms with van der Waals surface area (Å²) in [5, 5.41) is 0. The number of rotatable bonds is 4. The second-order valence-corrected chi connectivity index (χ2v) is 4.92. The monoisotopic (exact) mass is 276 g/mol. The van der Waals surface area contributed by atoms with Crippen molar-refractivity contribution in [1.82, 2.24) is 9.71 Å². The Kier molecular flexibility index (Phi) is 3.79. The van der Waals surface area contributed by atoms with Crippen LogP contribution in [0.5, 0.6) is 0 Å². The van der Waals surface area contributed by atoms with E-state index in [1.807, 2.05) is 0 Å². The van der Waals surface area contributed by atoms with Gasteiger partial charge >= 0.3 is 0 Å². The van der Waals surface area contributed by atoms with Gasteiger partial charge in [0, 0.05) is 12.7 Å². The molecule has 1 aromatic rings. The van der Waals surface area contributed by atoms with E-state index in [1.54, 1.807) is 6.07 Å². The molecule has 0 bridgehead atoms. The maximum atomic E-state index is 11.6. The van der Waals surface area contributed by atoms with Crippen molar-refractivity contribution in [2.75, 3.05) is 6.54 Å². The number of aromatic nitrogens is 1. The first-order chi connectivity index (χ1) is 6.58. The van der Waals surface area contributed by atoms with Crippen molar-refractivity contribution in [2.24, 2.45) is 0 Å². The highest BCUT2D eigenvalue weighted by Gasteiger charge is 2.16. The number of nitrogens with one attached hydrogen (secondary N) is 1. The number of hydrogen-bond acceptors (Lipinski definition) is 3. The maximum Gasteiger partial charge on any atom is 0.243 e. The van der Waals surface area contributed by atoms with E-state index in [2.05, 4.69) is 32.2 Å². The molecule has 6 heteroatoms. The Balaban J connectivity index is 3.04. The molecule has 1 heterocycles. The van der Waals surface area contributed by atoms with E-state index in [-0.39, 0.29) is 11.4 Å². The largest absolute Gasteiger partial charge is 0.248 e. The molecular weight excluding hydrogens is 268 g/mol. The van der Waals surface area contributed by atoms with Crippen molar-refractivity contribution in [3.63, 3.8) is 0 Å². The summed E-state index contributed by atoms with van der Waals surface area (Å²) >= 11 is 3.07. The first-order valence-electron chi connectivity index (χ1n) is 3.79. The minimum atomic E-state index is -3.48. The summed E-state index contributed by atoms with van der Waals surface area (Å²) in [5.41, 5.74) is 0. The molecule has 1 N–H and O–H groups in total. The van der Waals surface area contributed by atoms with Crippen LogP contribution in [0.3, 0.4) is 0 Å². The fourth-order valence-corrected chi connectivity index (χ4v) is 2.73. The quantitative estimate of drug-likeness (QED) is 0.666. The van der Waals surface area contributed by atoms with E-state index >= 15 is 0 Å². The molecule has 1 aromatic heterocycles. The Hall–Kier alpha value is -0.720. The first kappa shape index (κ1) is 11.4. The predicted octanol–water partition coefficient (Wildman–Crippen LogP) is 1.31. The van der Waals surface area contributed by atoms with Crippen LogP contribution in [0.15, 0.2) is 40.5 Å². The fourth-order valence-electron chi connectivity index (χ4n) is 0.818. The highest BCUT2D eigenvalue weighted by molar-refractivity contribution is 9.10. The molecule has 0 aliphatic carbocycles. The van der Waals surface area contributed by atoms with Gasteiger partial charge in [0.25, 0.3) is 0 Å². The smallest absolute Gasteiger partial charge is 0.243 e. The Morgan fingerprint density at radius 2 is 2.36 bits per heavy atom. The Morgan fingerprint density at radius 3 is 2.93 bits per heavy atom. The van der Waals surface area contributed by atoms with Crippen LogP contribution in [0.1, 0.15) is 0 Å². The summed E-state index contributed by atoms with van der Waals surface area (Å²) < 4.78 is 25.8. The standard InChI is InChI=1S/C8H9BrN2O2S/c1-2-5-11-14(12,13)7-4-3-6-10-8(7)9/h2-4,6,11H,1,5H2. The van der Waals surface area contributed by atoms with E-state index in [1.165, 1.54) is 18.3 Å². The molecular formula is C8H9BrN2O2S. The van der Waals surface area contributed by atoms with Gasteiger partial charge in [0.1, 0.15) is 9.50 Å². The van der Waals surface area contributed by atoms with Crippen LogP contribution < -0.4 is 4.72 Å². The zero-order valence-electron chi connectivity index (χ0n) is 7.27. The fraction of sp³-hybridized carbons (Fsp3) is 0.125. The third kappa shape index (κ3) is 2.63. The van der Waals surface area contributed by atoms with Crippen LogP contribution in [0.2, 0.25) is 0 Å². The van der Waals surface area contributed by atoms with Crippen LogP contribution in [0, 0.1) is 0 Å². The lowest BCUT2D eigenvalue weighted by atomic mass is 10.5. The molecule has 0 aliphatic heterocycles. The van der Waals surface area contributed by atoms with Crippen molar-refractivity contribution >= 4 is 26.0 Å². The zero-order chi connectivity index (χ0) is 10.6. The van der Waals surface area contributed by atoms with Gasteiger partial charge in [-0.05, 0) is 28.1 Å². The van der Waals surface area contributed by atoms with E-state index < -0.39 is 10.0 Å². The van der Waals surface area contributed by atoms with E-state index in [0.717, 1.165) is 0 Å². The number of sulfonamides is 1. The molecule has 0 saturated carbocycles. The summed E-state index contributed by atoms with van der Waals surface area (Å²) in [6.45, 7) is 3.62. The summed E-state index contributed by atoms with van der Waals surface area (Å²) in [6, 6.07) is 3.04. The van der Waals surface area contributed by atoms with Gasteiger partial charge < -0.3 is 0 Å². The van der Waals surface area contributed by atoms with E-state index in [4.69, 9.17) is 0 Å². The molecule has 14 heavy (non-hydrogen) atoms. The Bertz CT molecular complexity index is 431. The minimum Gasteiger partial charge on any atom is -0.248 e. The summed E-state index contributed by atoms with van der Waals surface area (Å²) in [7, 11) is -3.48. The highest BCUT2D eigenvalue weighted by Crippen LogP contribution is 2.17. The Morgan fingerprint density at radius 1 is 1.64 bits per heavy atom. The second-order valence-electron chi connectivity index (χ2n) is 2.43. The SMILES string of the molecule is C=CCNS(=O)(=O)c1cccnc1Br. The molecule has 0 radical (unpaired) electrons. The number of pyridine rings is 1. The molecule has 0 fully saturated rings. The molecule has 76 valence electrons. The lowest BCUT2D eigenvalue weighted by Crippen LogP contribution is -2.24. The van der Waals surface area contributed by atoms with Gasteiger partial charge in [-0.15, -0.1) is 6.58 Å².